The Kier molecular flexibility index (Phi) is 6.03. The van der Waals surface area contributed by atoms with Crippen LogP contribution in [0.5, 0.6) is 11.5 Å². The van der Waals surface area contributed by atoms with Gasteiger partial charge in [0.25, 0.3) is 0 Å². The Balaban J connectivity index is 1.71. The molecular weight excluding hydrogens is 408 g/mol. The van der Waals surface area contributed by atoms with Crippen LogP contribution in [0.1, 0.15) is 5.56 Å². The van der Waals surface area contributed by atoms with Crippen molar-refractivity contribution in [3.8, 4) is 11.5 Å². The lowest BCUT2D eigenvalue weighted by atomic mass is 10.2. The zero-order valence-electron chi connectivity index (χ0n) is 17.7. The van der Waals surface area contributed by atoms with Crippen molar-refractivity contribution in [2.75, 3.05) is 24.9 Å². The predicted molar refractivity (Wildman–Crippen MR) is 124 cm³/mol. The smallest absolute Gasteiger partial charge is 0.350 e. The number of hydrogen-bond acceptors (Lipinski definition) is 5. The maximum Gasteiger partial charge on any atom is 0.350 e. The van der Waals surface area contributed by atoms with Crippen LogP contribution in [0.2, 0.25) is 0 Å². The summed E-state index contributed by atoms with van der Waals surface area (Å²) in [5, 5.41) is 6.25. The number of urea groups is 1. The molecule has 2 N–H and O–H groups in total. The molecule has 8 nitrogen and oxygen atoms in total. The van der Waals surface area contributed by atoms with Crippen LogP contribution in [0.3, 0.4) is 0 Å². The Labute approximate surface area is 184 Å². The van der Waals surface area contributed by atoms with Gasteiger partial charge in [0, 0.05) is 17.1 Å². The van der Waals surface area contributed by atoms with Crippen molar-refractivity contribution in [3.63, 3.8) is 0 Å². The fourth-order valence-electron chi connectivity index (χ4n) is 3.38. The number of para-hydroxylation sites is 1. The number of nitrogens with zero attached hydrogens (tertiary/aromatic N) is 2. The molecule has 1 heterocycles. The highest BCUT2D eigenvalue weighted by Crippen LogP contribution is 2.23. The van der Waals surface area contributed by atoms with Crippen molar-refractivity contribution in [2.45, 2.75) is 6.54 Å². The fraction of sp³-hybridized carbons (Fsp3) is 0.125. The first-order valence-corrected chi connectivity index (χ1v) is 9.92. The van der Waals surface area contributed by atoms with Crippen molar-refractivity contribution in [1.29, 1.82) is 0 Å². The topological polar surface area (TPSA) is 94.5 Å². The Bertz CT molecular complexity index is 1330. The number of amides is 2. The zero-order valence-corrected chi connectivity index (χ0v) is 17.7. The summed E-state index contributed by atoms with van der Waals surface area (Å²) in [4.78, 5) is 29.9. The lowest BCUT2D eigenvalue weighted by Crippen LogP contribution is -2.30. The molecule has 2 amide bonds. The van der Waals surface area contributed by atoms with Crippen LogP contribution in [-0.4, -0.2) is 29.8 Å². The lowest BCUT2D eigenvalue weighted by Gasteiger charge is -2.17. The van der Waals surface area contributed by atoms with E-state index in [0.29, 0.717) is 33.9 Å². The standard InChI is InChI=1S/C24H22N4O4/c1-31-18-9-5-7-16(13-18)15-28-22(20-11-3-4-12-21(20)26-24(28)30)27-23(29)25-17-8-6-10-19(14-17)32-2/h3-14H,15H2,1-2H3,(H2,25,27,29). The number of rotatable bonds is 6. The Morgan fingerprint density at radius 2 is 1.62 bits per heavy atom. The minimum Gasteiger partial charge on any atom is -0.497 e. The van der Waals surface area contributed by atoms with E-state index in [1.54, 1.807) is 50.6 Å². The molecular formula is C24H22N4O4. The molecule has 0 radical (unpaired) electrons. The highest BCUT2D eigenvalue weighted by Gasteiger charge is 2.15. The van der Waals surface area contributed by atoms with E-state index in [4.69, 9.17) is 9.47 Å². The summed E-state index contributed by atoms with van der Waals surface area (Å²) in [5.41, 5.74) is 1.42. The van der Waals surface area contributed by atoms with Gasteiger partial charge in [0.15, 0.2) is 0 Å². The van der Waals surface area contributed by atoms with Crippen LogP contribution in [0.15, 0.2) is 77.6 Å². The Morgan fingerprint density at radius 3 is 2.41 bits per heavy atom. The van der Waals surface area contributed by atoms with Crippen molar-refractivity contribution in [2.24, 2.45) is 0 Å². The molecule has 1 aromatic heterocycles. The Hall–Kier alpha value is -4.33. The van der Waals surface area contributed by atoms with E-state index in [0.717, 1.165) is 5.56 Å². The van der Waals surface area contributed by atoms with Crippen LogP contribution in [0.4, 0.5) is 16.3 Å². The molecule has 0 spiro atoms. The molecule has 0 aliphatic rings. The molecule has 4 aromatic rings. The van der Waals surface area contributed by atoms with Gasteiger partial charge < -0.3 is 14.8 Å². The fourth-order valence-corrected chi connectivity index (χ4v) is 3.38. The third-order valence-corrected chi connectivity index (χ3v) is 4.91. The molecule has 8 heteroatoms. The number of hydrogen-bond donors (Lipinski definition) is 2. The molecule has 32 heavy (non-hydrogen) atoms. The van der Waals surface area contributed by atoms with Gasteiger partial charge in [-0.1, -0.05) is 30.3 Å². The largest absolute Gasteiger partial charge is 0.497 e. The minimum absolute atomic E-state index is 0.211. The van der Waals surface area contributed by atoms with E-state index in [1.165, 1.54) is 4.57 Å². The van der Waals surface area contributed by atoms with Crippen LogP contribution < -0.4 is 25.8 Å². The molecule has 4 rings (SSSR count). The molecule has 0 saturated carbocycles. The van der Waals surface area contributed by atoms with Gasteiger partial charge in [-0.2, -0.15) is 4.98 Å². The summed E-state index contributed by atoms with van der Waals surface area (Å²) in [7, 11) is 3.14. The number of fused-ring (bicyclic) bond motifs is 1. The monoisotopic (exact) mass is 430 g/mol. The van der Waals surface area contributed by atoms with Gasteiger partial charge in [-0.15, -0.1) is 0 Å². The number of ether oxygens (including phenoxy) is 2. The van der Waals surface area contributed by atoms with E-state index in [9.17, 15) is 9.59 Å². The SMILES string of the molecule is COc1cccc(Cn2c(NC(=O)Nc3cccc(OC)c3)c3ccccc3nc2=O)c1. The second kappa shape index (κ2) is 9.22. The molecule has 0 aliphatic heterocycles. The maximum atomic E-state index is 12.9. The number of carbonyl (C=O) groups is 1. The first kappa shape index (κ1) is 20.9. The molecule has 0 saturated heterocycles. The highest BCUT2D eigenvalue weighted by molar-refractivity contribution is 6.04. The van der Waals surface area contributed by atoms with Crippen LogP contribution in [-0.2, 0) is 6.54 Å². The van der Waals surface area contributed by atoms with E-state index < -0.39 is 11.7 Å². The van der Waals surface area contributed by atoms with Gasteiger partial charge in [0.2, 0.25) is 0 Å². The van der Waals surface area contributed by atoms with Crippen molar-refractivity contribution >= 4 is 28.4 Å². The lowest BCUT2D eigenvalue weighted by molar-refractivity contribution is 0.262. The number of carbonyl (C=O) groups excluding carboxylic acids is 1. The second-order valence-corrected chi connectivity index (χ2v) is 7.01. The van der Waals surface area contributed by atoms with Gasteiger partial charge in [-0.25, -0.2) is 9.59 Å². The number of benzene rings is 3. The third-order valence-electron chi connectivity index (χ3n) is 4.91. The van der Waals surface area contributed by atoms with E-state index in [2.05, 4.69) is 15.6 Å². The van der Waals surface area contributed by atoms with Crippen LogP contribution in [0, 0.1) is 0 Å². The average molecular weight is 430 g/mol. The Morgan fingerprint density at radius 1 is 0.906 bits per heavy atom. The molecule has 0 atom stereocenters. The number of aromatic nitrogens is 2. The van der Waals surface area contributed by atoms with Crippen molar-refractivity contribution in [3.05, 3.63) is 88.8 Å². The van der Waals surface area contributed by atoms with Gasteiger partial charge in [-0.3, -0.25) is 9.88 Å². The van der Waals surface area contributed by atoms with Crippen LogP contribution in [0.25, 0.3) is 10.9 Å². The summed E-state index contributed by atoms with van der Waals surface area (Å²) in [6.45, 7) is 0.211. The third kappa shape index (κ3) is 4.54. The summed E-state index contributed by atoms with van der Waals surface area (Å²) in [5.74, 6) is 1.64. The van der Waals surface area contributed by atoms with Crippen molar-refractivity contribution in [1.82, 2.24) is 9.55 Å². The first-order valence-electron chi connectivity index (χ1n) is 9.92. The number of methoxy groups -OCH3 is 2. The zero-order chi connectivity index (χ0) is 22.5. The average Bonchev–Trinajstić information content (AvgIpc) is 2.81. The first-order chi connectivity index (χ1) is 15.6. The predicted octanol–water partition coefficient (Wildman–Crippen LogP) is 4.11. The number of nitrogens with one attached hydrogen (secondary N) is 2. The normalized spacial score (nSPS) is 10.6. The quantitative estimate of drug-likeness (QED) is 0.480. The van der Waals surface area contributed by atoms with Crippen molar-refractivity contribution < 1.29 is 14.3 Å². The van der Waals surface area contributed by atoms with Gasteiger partial charge >= 0.3 is 11.7 Å². The molecule has 0 aliphatic carbocycles. The minimum atomic E-state index is -0.492. The van der Waals surface area contributed by atoms with Gasteiger partial charge in [0.05, 0.1) is 26.3 Å². The molecule has 0 bridgehead atoms. The second-order valence-electron chi connectivity index (χ2n) is 7.01. The van der Waals surface area contributed by atoms with Gasteiger partial charge in [0.1, 0.15) is 17.3 Å². The molecule has 0 fully saturated rings. The van der Waals surface area contributed by atoms with Gasteiger partial charge in [-0.05, 0) is 42.0 Å². The summed E-state index contributed by atoms with van der Waals surface area (Å²) < 4.78 is 11.9. The van der Waals surface area contributed by atoms with E-state index in [1.807, 2.05) is 36.4 Å². The number of anilines is 2. The summed E-state index contributed by atoms with van der Waals surface area (Å²) >= 11 is 0. The summed E-state index contributed by atoms with van der Waals surface area (Å²) in [6, 6.07) is 21.1. The summed E-state index contributed by atoms with van der Waals surface area (Å²) in [6.07, 6.45) is 0. The molecule has 3 aromatic carbocycles. The van der Waals surface area contributed by atoms with Crippen LogP contribution >= 0.6 is 0 Å². The molecule has 0 unspecified atom stereocenters. The van der Waals surface area contributed by atoms with E-state index >= 15 is 0 Å². The molecule has 162 valence electrons. The highest BCUT2D eigenvalue weighted by atomic mass is 16.5. The van der Waals surface area contributed by atoms with E-state index in [-0.39, 0.29) is 6.54 Å². The maximum absolute atomic E-state index is 12.9.